The molecule has 0 aliphatic heterocycles. The van der Waals surface area contributed by atoms with Crippen molar-refractivity contribution in [1.82, 2.24) is 14.5 Å². The predicted molar refractivity (Wildman–Crippen MR) is 131 cm³/mol. The molecule has 2 N–H and O–H groups in total. The predicted octanol–water partition coefficient (Wildman–Crippen LogP) is 6.43. The van der Waals surface area contributed by atoms with Gasteiger partial charge in [0.25, 0.3) is 0 Å². The summed E-state index contributed by atoms with van der Waals surface area (Å²) in [5, 5.41) is 6.44. The zero-order valence-corrected chi connectivity index (χ0v) is 19.0. The molecule has 0 aliphatic carbocycles. The molecule has 2 heterocycles. The van der Waals surface area contributed by atoms with E-state index in [-0.39, 0.29) is 6.03 Å². The molecule has 7 heteroatoms. The van der Waals surface area contributed by atoms with Crippen LogP contribution < -0.4 is 10.6 Å². The van der Waals surface area contributed by atoms with Gasteiger partial charge in [-0.25, -0.2) is 14.8 Å². The molecule has 0 aliphatic rings. The molecule has 32 heavy (non-hydrogen) atoms. The van der Waals surface area contributed by atoms with Crippen molar-refractivity contribution in [3.63, 3.8) is 0 Å². The minimum Gasteiger partial charge on any atom is -0.308 e. The Morgan fingerprint density at radius 2 is 1.91 bits per heavy atom. The Bertz CT molecular complexity index is 1240. The smallest absolute Gasteiger partial charge is 0.308 e. The highest BCUT2D eigenvalue weighted by atomic mass is 35.5. The van der Waals surface area contributed by atoms with E-state index < -0.39 is 0 Å². The number of amides is 2. The number of hydrogen-bond acceptors (Lipinski definition) is 3. The van der Waals surface area contributed by atoms with Crippen LogP contribution in [0.4, 0.5) is 16.2 Å². The summed E-state index contributed by atoms with van der Waals surface area (Å²) in [7, 11) is 0. The minimum absolute atomic E-state index is 0.315. The molecule has 0 saturated heterocycles. The number of nitrogens with zero attached hydrogens (tertiary/aromatic N) is 3. The summed E-state index contributed by atoms with van der Waals surface area (Å²) >= 11 is 6.19. The number of fused-ring (bicyclic) bond motifs is 1. The quantitative estimate of drug-likeness (QED) is 0.343. The van der Waals surface area contributed by atoms with E-state index in [1.165, 1.54) is 0 Å². The van der Waals surface area contributed by atoms with Crippen molar-refractivity contribution in [2.45, 2.75) is 39.7 Å². The van der Waals surface area contributed by atoms with Crippen molar-refractivity contribution in [2.24, 2.45) is 0 Å². The number of halogens is 1. The SMILES string of the molecule is CCCCc1nc2c(C)c(NC(=O)Nc3ccccc3)cnc2n1Cc1cccc(Cl)c1. The Kier molecular flexibility index (Phi) is 6.71. The third kappa shape index (κ3) is 4.92. The van der Waals surface area contributed by atoms with Crippen molar-refractivity contribution in [3.8, 4) is 0 Å². The number of pyridine rings is 1. The number of para-hydroxylation sites is 1. The number of nitrogens with one attached hydrogen (secondary N) is 2. The number of carbonyl (C=O) groups excluding carboxylic acids is 1. The van der Waals surface area contributed by atoms with Crippen LogP contribution in [-0.4, -0.2) is 20.6 Å². The summed E-state index contributed by atoms with van der Waals surface area (Å²) in [5.41, 5.74) is 4.96. The fraction of sp³-hybridized carbons (Fsp3) is 0.240. The van der Waals surface area contributed by atoms with Gasteiger partial charge in [-0.05, 0) is 43.2 Å². The van der Waals surface area contributed by atoms with Crippen molar-refractivity contribution < 1.29 is 4.79 Å². The van der Waals surface area contributed by atoms with Gasteiger partial charge in [0.1, 0.15) is 11.3 Å². The summed E-state index contributed by atoms with van der Waals surface area (Å²) in [5.74, 6) is 0.989. The van der Waals surface area contributed by atoms with Crippen molar-refractivity contribution in [1.29, 1.82) is 0 Å². The summed E-state index contributed by atoms with van der Waals surface area (Å²) < 4.78 is 2.15. The molecule has 164 valence electrons. The number of benzene rings is 2. The van der Waals surface area contributed by atoms with Crippen LogP contribution in [0, 0.1) is 6.92 Å². The molecule has 4 aromatic rings. The largest absolute Gasteiger partial charge is 0.323 e. The Balaban J connectivity index is 1.65. The molecule has 0 saturated carbocycles. The first-order valence-electron chi connectivity index (χ1n) is 10.8. The lowest BCUT2D eigenvalue weighted by molar-refractivity contribution is 0.262. The monoisotopic (exact) mass is 447 g/mol. The first-order valence-corrected chi connectivity index (χ1v) is 11.1. The second-order valence-electron chi connectivity index (χ2n) is 7.76. The molecular weight excluding hydrogens is 422 g/mol. The van der Waals surface area contributed by atoms with Crippen LogP contribution in [0.15, 0.2) is 60.8 Å². The number of anilines is 2. The van der Waals surface area contributed by atoms with Crippen molar-refractivity contribution >= 4 is 40.2 Å². The molecule has 0 bridgehead atoms. The van der Waals surface area contributed by atoms with Crippen LogP contribution in [0.1, 0.15) is 36.7 Å². The average Bonchev–Trinajstić information content (AvgIpc) is 3.13. The molecule has 0 radical (unpaired) electrons. The number of unbranched alkanes of at least 4 members (excludes halogenated alkanes) is 1. The van der Waals surface area contributed by atoms with E-state index in [0.29, 0.717) is 17.3 Å². The lowest BCUT2D eigenvalue weighted by atomic mass is 10.2. The summed E-state index contributed by atoms with van der Waals surface area (Å²) in [6.07, 6.45) is 4.69. The van der Waals surface area contributed by atoms with E-state index in [1.807, 2.05) is 55.5 Å². The van der Waals surface area contributed by atoms with Gasteiger partial charge in [-0.3, -0.25) is 0 Å². The first-order chi connectivity index (χ1) is 15.5. The van der Waals surface area contributed by atoms with E-state index in [0.717, 1.165) is 53.1 Å². The van der Waals surface area contributed by atoms with Gasteiger partial charge in [0.2, 0.25) is 0 Å². The lowest BCUT2D eigenvalue weighted by Gasteiger charge is -2.11. The van der Waals surface area contributed by atoms with Crippen LogP contribution in [0.2, 0.25) is 5.02 Å². The number of rotatable bonds is 7. The topological polar surface area (TPSA) is 71.8 Å². The highest BCUT2D eigenvalue weighted by Gasteiger charge is 2.17. The van der Waals surface area contributed by atoms with E-state index in [4.69, 9.17) is 16.6 Å². The molecule has 0 fully saturated rings. The summed E-state index contributed by atoms with van der Waals surface area (Å²) in [4.78, 5) is 22.1. The second-order valence-corrected chi connectivity index (χ2v) is 8.20. The average molecular weight is 448 g/mol. The fourth-order valence-corrected chi connectivity index (χ4v) is 3.88. The number of aryl methyl sites for hydroxylation is 2. The summed E-state index contributed by atoms with van der Waals surface area (Å²) in [6, 6.07) is 16.9. The zero-order chi connectivity index (χ0) is 22.5. The molecule has 6 nitrogen and oxygen atoms in total. The van der Waals surface area contributed by atoms with Gasteiger partial charge in [-0.15, -0.1) is 0 Å². The molecule has 2 amide bonds. The molecule has 0 atom stereocenters. The third-order valence-electron chi connectivity index (χ3n) is 5.36. The van der Waals surface area contributed by atoms with Crippen LogP contribution in [0.25, 0.3) is 11.2 Å². The van der Waals surface area contributed by atoms with E-state index in [9.17, 15) is 4.79 Å². The molecule has 2 aromatic heterocycles. The Hall–Kier alpha value is -3.38. The van der Waals surface area contributed by atoms with Crippen molar-refractivity contribution in [2.75, 3.05) is 10.6 Å². The molecular formula is C25H26ClN5O. The normalized spacial score (nSPS) is 11.0. The number of hydrogen-bond donors (Lipinski definition) is 2. The highest BCUT2D eigenvalue weighted by Crippen LogP contribution is 2.26. The van der Waals surface area contributed by atoms with Crippen LogP contribution in [0.3, 0.4) is 0 Å². The maximum Gasteiger partial charge on any atom is 0.323 e. The minimum atomic E-state index is -0.315. The zero-order valence-electron chi connectivity index (χ0n) is 18.2. The van der Waals surface area contributed by atoms with Gasteiger partial charge in [-0.2, -0.15) is 0 Å². The van der Waals surface area contributed by atoms with E-state index in [1.54, 1.807) is 6.20 Å². The third-order valence-corrected chi connectivity index (χ3v) is 5.59. The van der Waals surface area contributed by atoms with Crippen LogP contribution in [-0.2, 0) is 13.0 Å². The molecule has 2 aromatic carbocycles. The van der Waals surface area contributed by atoms with Gasteiger partial charge in [0, 0.05) is 22.7 Å². The van der Waals surface area contributed by atoms with Crippen LogP contribution >= 0.6 is 11.6 Å². The molecule has 0 unspecified atom stereocenters. The second kappa shape index (κ2) is 9.83. The Morgan fingerprint density at radius 1 is 1.09 bits per heavy atom. The van der Waals surface area contributed by atoms with E-state index in [2.05, 4.69) is 33.2 Å². The molecule has 4 rings (SSSR count). The lowest BCUT2D eigenvalue weighted by Crippen LogP contribution is -2.20. The van der Waals surface area contributed by atoms with Gasteiger partial charge < -0.3 is 15.2 Å². The van der Waals surface area contributed by atoms with Crippen LogP contribution in [0.5, 0.6) is 0 Å². The van der Waals surface area contributed by atoms with Crippen molar-refractivity contribution in [3.05, 3.63) is 82.8 Å². The Morgan fingerprint density at radius 3 is 2.66 bits per heavy atom. The van der Waals surface area contributed by atoms with Gasteiger partial charge in [0.05, 0.1) is 18.4 Å². The fourth-order valence-electron chi connectivity index (χ4n) is 3.66. The van der Waals surface area contributed by atoms with Gasteiger partial charge in [-0.1, -0.05) is 55.3 Å². The first kappa shape index (κ1) is 21.8. The summed E-state index contributed by atoms with van der Waals surface area (Å²) in [6.45, 7) is 4.77. The van der Waals surface area contributed by atoms with Gasteiger partial charge >= 0.3 is 6.03 Å². The highest BCUT2D eigenvalue weighted by molar-refractivity contribution is 6.30. The maximum absolute atomic E-state index is 12.5. The Labute approximate surface area is 192 Å². The number of aromatic nitrogens is 3. The number of urea groups is 1. The number of imidazole rings is 1. The molecule has 0 spiro atoms. The maximum atomic E-state index is 12.5. The van der Waals surface area contributed by atoms with Gasteiger partial charge in [0.15, 0.2) is 5.65 Å². The standard InChI is InChI=1S/C25H26ClN5O/c1-3-4-13-22-30-23-17(2)21(29-25(32)28-20-11-6-5-7-12-20)15-27-24(23)31(22)16-18-9-8-10-19(26)14-18/h5-12,14-15H,3-4,13,16H2,1-2H3,(H2,28,29,32). The van der Waals surface area contributed by atoms with E-state index >= 15 is 0 Å². The number of carbonyl (C=O) groups is 1.